The van der Waals surface area contributed by atoms with Crippen LogP contribution in [0.1, 0.15) is 46.2 Å². The molecule has 0 aliphatic heterocycles. The fourth-order valence-electron chi connectivity index (χ4n) is 2.60. The van der Waals surface area contributed by atoms with Crippen LogP contribution in [0.3, 0.4) is 0 Å². The normalized spacial score (nSPS) is 12.9. The Labute approximate surface area is 130 Å². The van der Waals surface area contributed by atoms with Crippen molar-refractivity contribution in [2.45, 2.75) is 40.7 Å². The summed E-state index contributed by atoms with van der Waals surface area (Å²) in [6, 6.07) is 8.89. The smallest absolute Gasteiger partial charge is 0.119 e. The first-order valence-corrected chi connectivity index (χ1v) is 8.29. The van der Waals surface area contributed by atoms with E-state index in [1.54, 1.807) is 0 Å². The fourth-order valence-corrected chi connectivity index (χ4v) is 2.60. The molecule has 120 valence electrons. The van der Waals surface area contributed by atoms with Crippen molar-refractivity contribution in [3.05, 3.63) is 29.8 Å². The van der Waals surface area contributed by atoms with E-state index in [-0.39, 0.29) is 0 Å². The maximum Gasteiger partial charge on any atom is 0.119 e. The van der Waals surface area contributed by atoms with Crippen molar-refractivity contribution >= 4 is 0 Å². The summed E-state index contributed by atoms with van der Waals surface area (Å²) < 4.78 is 5.52. The Bertz CT molecular complexity index is 375. The van der Waals surface area contributed by atoms with Gasteiger partial charge in [-0.05, 0) is 43.6 Å². The number of rotatable bonds is 10. The van der Waals surface area contributed by atoms with E-state index in [0.29, 0.717) is 18.6 Å². The van der Waals surface area contributed by atoms with E-state index in [1.165, 1.54) is 5.56 Å². The van der Waals surface area contributed by atoms with Gasteiger partial charge in [0.05, 0.1) is 6.61 Å². The standard InChI is InChI=1S/C18H32N2O/c1-6-19-18(14-20(7-2)13-15(4)5)16-9-11-17(12-10-16)21-8-3/h9-12,15,18-19H,6-8,13-14H2,1-5H3. The Hall–Kier alpha value is -1.06. The van der Waals surface area contributed by atoms with Crippen LogP contribution >= 0.6 is 0 Å². The van der Waals surface area contributed by atoms with Gasteiger partial charge in [0.2, 0.25) is 0 Å². The number of nitrogens with one attached hydrogen (secondary N) is 1. The van der Waals surface area contributed by atoms with Crippen molar-refractivity contribution < 1.29 is 4.74 Å². The molecule has 21 heavy (non-hydrogen) atoms. The second-order valence-corrected chi connectivity index (χ2v) is 5.86. The van der Waals surface area contributed by atoms with Crippen LogP contribution in [-0.2, 0) is 0 Å². The highest BCUT2D eigenvalue weighted by Gasteiger charge is 2.15. The lowest BCUT2D eigenvalue weighted by Gasteiger charge is -2.28. The average molecular weight is 292 g/mol. The SMILES string of the molecule is CCNC(CN(CC)CC(C)C)c1ccc(OCC)cc1. The molecule has 0 saturated carbocycles. The quantitative estimate of drug-likeness (QED) is 0.711. The van der Waals surface area contributed by atoms with E-state index < -0.39 is 0 Å². The summed E-state index contributed by atoms with van der Waals surface area (Å²) in [5.41, 5.74) is 1.34. The third-order valence-electron chi connectivity index (χ3n) is 3.56. The van der Waals surface area contributed by atoms with Crippen LogP contribution in [0.5, 0.6) is 5.75 Å². The lowest BCUT2D eigenvalue weighted by Crippen LogP contribution is -2.37. The van der Waals surface area contributed by atoms with E-state index in [0.717, 1.165) is 31.9 Å². The highest BCUT2D eigenvalue weighted by Crippen LogP contribution is 2.19. The van der Waals surface area contributed by atoms with Gasteiger partial charge in [0.25, 0.3) is 0 Å². The average Bonchev–Trinajstić information content (AvgIpc) is 2.46. The number of nitrogens with zero attached hydrogens (tertiary/aromatic N) is 1. The molecule has 1 unspecified atom stereocenters. The van der Waals surface area contributed by atoms with Crippen LogP contribution in [0.25, 0.3) is 0 Å². The molecule has 0 aliphatic rings. The van der Waals surface area contributed by atoms with Crippen molar-refractivity contribution in [3.63, 3.8) is 0 Å². The van der Waals surface area contributed by atoms with Crippen molar-refractivity contribution in [2.75, 3.05) is 32.8 Å². The fraction of sp³-hybridized carbons (Fsp3) is 0.667. The Kier molecular flexibility index (Phi) is 8.40. The molecule has 3 heteroatoms. The van der Waals surface area contributed by atoms with Gasteiger partial charge in [0.1, 0.15) is 5.75 Å². The van der Waals surface area contributed by atoms with Crippen molar-refractivity contribution in [1.82, 2.24) is 10.2 Å². The first-order valence-electron chi connectivity index (χ1n) is 8.29. The third kappa shape index (κ3) is 6.49. The summed E-state index contributed by atoms with van der Waals surface area (Å²) in [5.74, 6) is 1.65. The van der Waals surface area contributed by atoms with Crippen LogP contribution in [0, 0.1) is 5.92 Å². The molecule has 0 saturated heterocycles. The van der Waals surface area contributed by atoms with E-state index in [1.807, 2.05) is 6.92 Å². The molecule has 0 amide bonds. The lowest BCUT2D eigenvalue weighted by atomic mass is 10.1. The van der Waals surface area contributed by atoms with Crippen molar-refractivity contribution in [2.24, 2.45) is 5.92 Å². The molecule has 1 atom stereocenters. The molecule has 1 rings (SSSR count). The third-order valence-corrected chi connectivity index (χ3v) is 3.56. The van der Waals surface area contributed by atoms with Crippen LogP contribution in [-0.4, -0.2) is 37.7 Å². The first-order chi connectivity index (χ1) is 10.1. The Morgan fingerprint density at radius 3 is 2.19 bits per heavy atom. The van der Waals surface area contributed by atoms with Crippen LogP contribution in [0.4, 0.5) is 0 Å². The highest BCUT2D eigenvalue weighted by atomic mass is 16.5. The lowest BCUT2D eigenvalue weighted by molar-refractivity contribution is 0.229. The number of likely N-dealkylation sites (N-methyl/N-ethyl adjacent to an activating group) is 2. The monoisotopic (exact) mass is 292 g/mol. The second kappa shape index (κ2) is 9.80. The van der Waals surface area contributed by atoms with Crippen molar-refractivity contribution in [3.8, 4) is 5.75 Å². The molecule has 1 aromatic rings. The molecule has 0 aromatic heterocycles. The van der Waals surface area contributed by atoms with E-state index >= 15 is 0 Å². The summed E-state index contributed by atoms with van der Waals surface area (Å²) >= 11 is 0. The summed E-state index contributed by atoms with van der Waals surface area (Å²) in [4.78, 5) is 2.52. The van der Waals surface area contributed by atoms with E-state index in [2.05, 4.69) is 62.2 Å². The predicted octanol–water partition coefficient (Wildman–Crippen LogP) is 3.71. The van der Waals surface area contributed by atoms with Crippen LogP contribution in [0.2, 0.25) is 0 Å². The molecule has 0 bridgehead atoms. The maximum atomic E-state index is 5.52. The zero-order valence-corrected chi connectivity index (χ0v) is 14.4. The summed E-state index contributed by atoms with van der Waals surface area (Å²) in [5, 5.41) is 3.61. The molecular weight excluding hydrogens is 260 g/mol. The Morgan fingerprint density at radius 2 is 1.71 bits per heavy atom. The zero-order chi connectivity index (χ0) is 15.7. The number of hydrogen-bond donors (Lipinski definition) is 1. The van der Waals surface area contributed by atoms with E-state index in [4.69, 9.17) is 4.74 Å². The van der Waals surface area contributed by atoms with Gasteiger partial charge in [-0.2, -0.15) is 0 Å². The predicted molar refractivity (Wildman–Crippen MR) is 91.0 cm³/mol. The first kappa shape index (κ1) is 18.0. The molecule has 3 nitrogen and oxygen atoms in total. The number of ether oxygens (including phenoxy) is 1. The minimum atomic E-state index is 0.379. The van der Waals surface area contributed by atoms with Gasteiger partial charge in [-0.1, -0.05) is 39.8 Å². The van der Waals surface area contributed by atoms with Gasteiger partial charge in [-0.15, -0.1) is 0 Å². The molecule has 0 radical (unpaired) electrons. The molecule has 0 spiro atoms. The van der Waals surface area contributed by atoms with Crippen LogP contribution < -0.4 is 10.1 Å². The van der Waals surface area contributed by atoms with Gasteiger partial charge in [-0.3, -0.25) is 0 Å². The Balaban J connectivity index is 2.74. The maximum absolute atomic E-state index is 5.52. The molecule has 0 aliphatic carbocycles. The summed E-state index contributed by atoms with van der Waals surface area (Å²) in [6.45, 7) is 16.0. The van der Waals surface area contributed by atoms with Gasteiger partial charge in [0.15, 0.2) is 0 Å². The molecule has 0 heterocycles. The summed E-state index contributed by atoms with van der Waals surface area (Å²) in [7, 11) is 0. The van der Waals surface area contributed by atoms with Gasteiger partial charge < -0.3 is 15.0 Å². The largest absolute Gasteiger partial charge is 0.494 e. The molecule has 1 aromatic carbocycles. The van der Waals surface area contributed by atoms with Gasteiger partial charge >= 0.3 is 0 Å². The number of hydrogen-bond acceptors (Lipinski definition) is 3. The molecule has 1 N–H and O–H groups in total. The minimum Gasteiger partial charge on any atom is -0.494 e. The Morgan fingerprint density at radius 1 is 1.05 bits per heavy atom. The van der Waals surface area contributed by atoms with E-state index in [9.17, 15) is 0 Å². The van der Waals surface area contributed by atoms with Crippen LogP contribution in [0.15, 0.2) is 24.3 Å². The highest BCUT2D eigenvalue weighted by molar-refractivity contribution is 5.29. The van der Waals surface area contributed by atoms with Crippen molar-refractivity contribution in [1.29, 1.82) is 0 Å². The van der Waals surface area contributed by atoms with Gasteiger partial charge in [-0.25, -0.2) is 0 Å². The summed E-state index contributed by atoms with van der Waals surface area (Å²) in [6.07, 6.45) is 0. The molecular formula is C18H32N2O. The zero-order valence-electron chi connectivity index (χ0n) is 14.4. The number of benzene rings is 1. The second-order valence-electron chi connectivity index (χ2n) is 5.86. The minimum absolute atomic E-state index is 0.379. The van der Waals surface area contributed by atoms with Gasteiger partial charge in [0, 0.05) is 19.1 Å². The topological polar surface area (TPSA) is 24.5 Å². The molecule has 0 fully saturated rings.